The Balaban J connectivity index is 2.43. The van der Waals surface area contributed by atoms with Crippen LogP contribution in [-0.2, 0) is 4.79 Å². The Morgan fingerprint density at radius 3 is 2.50 bits per heavy atom. The number of hydrogen-bond donors (Lipinski definition) is 3. The van der Waals surface area contributed by atoms with Crippen molar-refractivity contribution in [2.75, 3.05) is 26.2 Å². The van der Waals surface area contributed by atoms with Crippen molar-refractivity contribution in [1.82, 2.24) is 20.9 Å². The van der Waals surface area contributed by atoms with Gasteiger partial charge in [0.2, 0.25) is 5.91 Å². The monoisotopic (exact) mass is 284 g/mol. The third-order valence-electron chi connectivity index (χ3n) is 3.36. The van der Waals surface area contributed by atoms with E-state index in [1.165, 1.54) is 0 Å². The van der Waals surface area contributed by atoms with Crippen molar-refractivity contribution in [2.24, 2.45) is 0 Å². The fraction of sp³-hybridized carbons (Fsp3) is 0.857. The topological polar surface area (TPSA) is 73.5 Å². The van der Waals surface area contributed by atoms with Crippen LogP contribution in [0.2, 0.25) is 0 Å². The second-order valence-corrected chi connectivity index (χ2v) is 5.63. The van der Waals surface area contributed by atoms with Crippen LogP contribution in [0.15, 0.2) is 0 Å². The van der Waals surface area contributed by atoms with Crippen molar-refractivity contribution < 1.29 is 9.59 Å². The average molecular weight is 284 g/mol. The van der Waals surface area contributed by atoms with Crippen LogP contribution in [0.25, 0.3) is 0 Å². The van der Waals surface area contributed by atoms with Crippen LogP contribution < -0.4 is 16.0 Å². The lowest BCUT2D eigenvalue weighted by Crippen LogP contribution is -2.50. The Kier molecular flexibility index (Phi) is 7.54. The van der Waals surface area contributed by atoms with Crippen molar-refractivity contribution in [3.05, 3.63) is 0 Å². The molecule has 0 spiro atoms. The van der Waals surface area contributed by atoms with E-state index in [0.29, 0.717) is 12.6 Å². The Morgan fingerprint density at radius 2 is 1.95 bits per heavy atom. The number of nitrogens with zero attached hydrogens (tertiary/aromatic N) is 1. The Bertz CT molecular complexity index is 314. The number of urea groups is 1. The second kappa shape index (κ2) is 8.92. The van der Waals surface area contributed by atoms with E-state index in [2.05, 4.69) is 27.8 Å². The summed E-state index contributed by atoms with van der Waals surface area (Å²) in [6.07, 6.45) is 3.13. The third-order valence-corrected chi connectivity index (χ3v) is 3.36. The SMILES string of the molecule is CCCN(CC(=O)NC(=O)NC(C)C)C1CCNCC1. The quantitative estimate of drug-likeness (QED) is 0.671. The third kappa shape index (κ3) is 6.34. The zero-order chi connectivity index (χ0) is 15.0. The molecule has 1 heterocycles. The number of amides is 3. The molecule has 3 amide bonds. The fourth-order valence-electron chi connectivity index (χ4n) is 2.50. The number of hydrogen-bond acceptors (Lipinski definition) is 4. The minimum Gasteiger partial charge on any atom is -0.336 e. The first-order chi connectivity index (χ1) is 9.52. The molecule has 116 valence electrons. The van der Waals surface area contributed by atoms with Gasteiger partial charge in [0.1, 0.15) is 0 Å². The molecular weight excluding hydrogens is 256 g/mol. The van der Waals surface area contributed by atoms with Gasteiger partial charge in [0.05, 0.1) is 6.54 Å². The van der Waals surface area contributed by atoms with Gasteiger partial charge in [-0.15, -0.1) is 0 Å². The van der Waals surface area contributed by atoms with E-state index in [9.17, 15) is 9.59 Å². The van der Waals surface area contributed by atoms with Gasteiger partial charge >= 0.3 is 6.03 Å². The number of rotatable bonds is 6. The van der Waals surface area contributed by atoms with Crippen LogP contribution in [0.3, 0.4) is 0 Å². The molecule has 0 radical (unpaired) electrons. The van der Waals surface area contributed by atoms with Gasteiger partial charge in [0.25, 0.3) is 0 Å². The summed E-state index contributed by atoms with van der Waals surface area (Å²) in [5, 5.41) is 8.38. The first-order valence-electron chi connectivity index (χ1n) is 7.58. The fourth-order valence-corrected chi connectivity index (χ4v) is 2.50. The van der Waals surface area contributed by atoms with E-state index in [1.807, 2.05) is 13.8 Å². The van der Waals surface area contributed by atoms with E-state index in [4.69, 9.17) is 0 Å². The van der Waals surface area contributed by atoms with Gasteiger partial charge in [-0.05, 0) is 52.7 Å². The Morgan fingerprint density at radius 1 is 1.30 bits per heavy atom. The van der Waals surface area contributed by atoms with Gasteiger partial charge < -0.3 is 10.6 Å². The van der Waals surface area contributed by atoms with Crippen molar-refractivity contribution in [3.8, 4) is 0 Å². The van der Waals surface area contributed by atoms with E-state index in [-0.39, 0.29) is 11.9 Å². The van der Waals surface area contributed by atoms with Crippen molar-refractivity contribution in [1.29, 1.82) is 0 Å². The predicted molar refractivity (Wildman–Crippen MR) is 79.6 cm³/mol. The molecule has 0 aromatic heterocycles. The highest BCUT2D eigenvalue weighted by Gasteiger charge is 2.22. The lowest BCUT2D eigenvalue weighted by Gasteiger charge is -2.33. The van der Waals surface area contributed by atoms with E-state index in [1.54, 1.807) is 0 Å². The van der Waals surface area contributed by atoms with E-state index in [0.717, 1.165) is 38.9 Å². The number of carbonyl (C=O) groups is 2. The van der Waals surface area contributed by atoms with Crippen LogP contribution in [0.5, 0.6) is 0 Å². The Labute approximate surface area is 121 Å². The minimum absolute atomic E-state index is 0.0268. The highest BCUT2D eigenvalue weighted by molar-refractivity contribution is 5.95. The van der Waals surface area contributed by atoms with Crippen molar-refractivity contribution >= 4 is 11.9 Å². The number of imide groups is 1. The molecule has 1 rings (SSSR count). The summed E-state index contributed by atoms with van der Waals surface area (Å²) in [5.74, 6) is -0.227. The molecule has 6 heteroatoms. The molecule has 0 bridgehead atoms. The molecule has 6 nitrogen and oxygen atoms in total. The van der Waals surface area contributed by atoms with Crippen molar-refractivity contribution in [2.45, 2.75) is 52.1 Å². The summed E-state index contributed by atoms with van der Waals surface area (Å²) in [5.41, 5.74) is 0. The minimum atomic E-state index is -0.410. The zero-order valence-corrected chi connectivity index (χ0v) is 12.9. The molecule has 0 aromatic rings. The second-order valence-electron chi connectivity index (χ2n) is 5.63. The van der Waals surface area contributed by atoms with E-state index >= 15 is 0 Å². The molecule has 20 heavy (non-hydrogen) atoms. The molecule has 1 fully saturated rings. The largest absolute Gasteiger partial charge is 0.336 e. The molecule has 0 aliphatic carbocycles. The summed E-state index contributed by atoms with van der Waals surface area (Å²) in [7, 11) is 0. The van der Waals surface area contributed by atoms with Gasteiger partial charge in [0.15, 0.2) is 0 Å². The van der Waals surface area contributed by atoms with Gasteiger partial charge in [-0.3, -0.25) is 15.0 Å². The maximum Gasteiger partial charge on any atom is 0.321 e. The molecule has 1 saturated heterocycles. The smallest absolute Gasteiger partial charge is 0.321 e. The van der Waals surface area contributed by atoms with E-state index < -0.39 is 6.03 Å². The molecule has 0 saturated carbocycles. The standard InChI is InChI=1S/C14H28N4O2/c1-4-9-18(12-5-7-15-8-6-12)10-13(19)17-14(20)16-11(2)3/h11-12,15H,4-10H2,1-3H3,(H2,16,17,19,20). The van der Waals surface area contributed by atoms with Crippen LogP contribution in [0.4, 0.5) is 4.79 Å². The summed E-state index contributed by atoms with van der Waals surface area (Å²) in [6, 6.07) is 0.0563. The normalized spacial score (nSPS) is 16.4. The summed E-state index contributed by atoms with van der Waals surface area (Å²) < 4.78 is 0. The first-order valence-corrected chi connectivity index (χ1v) is 7.58. The molecule has 3 N–H and O–H groups in total. The van der Waals surface area contributed by atoms with Gasteiger partial charge in [-0.2, -0.15) is 0 Å². The molecule has 1 aliphatic heterocycles. The predicted octanol–water partition coefficient (Wildman–Crippen LogP) is 0.685. The average Bonchev–Trinajstić information content (AvgIpc) is 2.38. The van der Waals surface area contributed by atoms with Gasteiger partial charge in [0, 0.05) is 12.1 Å². The molecule has 0 aromatic carbocycles. The maximum atomic E-state index is 11.9. The lowest BCUT2D eigenvalue weighted by atomic mass is 10.0. The molecule has 0 atom stereocenters. The van der Waals surface area contributed by atoms with Crippen LogP contribution >= 0.6 is 0 Å². The highest BCUT2D eigenvalue weighted by Crippen LogP contribution is 2.11. The number of piperidine rings is 1. The van der Waals surface area contributed by atoms with Crippen LogP contribution in [0.1, 0.15) is 40.0 Å². The van der Waals surface area contributed by atoms with Crippen LogP contribution in [-0.4, -0.2) is 55.1 Å². The summed E-state index contributed by atoms with van der Waals surface area (Å²) >= 11 is 0. The Hall–Kier alpha value is -1.14. The molecule has 0 unspecified atom stereocenters. The number of carbonyl (C=O) groups excluding carboxylic acids is 2. The zero-order valence-electron chi connectivity index (χ0n) is 12.9. The van der Waals surface area contributed by atoms with Crippen LogP contribution in [0, 0.1) is 0 Å². The molecular formula is C14H28N4O2. The lowest BCUT2D eigenvalue weighted by molar-refractivity contribution is -0.121. The highest BCUT2D eigenvalue weighted by atomic mass is 16.2. The van der Waals surface area contributed by atoms with Gasteiger partial charge in [-0.1, -0.05) is 6.92 Å². The number of nitrogens with one attached hydrogen (secondary N) is 3. The summed E-state index contributed by atoms with van der Waals surface area (Å²) in [6.45, 7) is 9.02. The molecule has 1 aliphatic rings. The van der Waals surface area contributed by atoms with Gasteiger partial charge in [-0.25, -0.2) is 4.79 Å². The summed E-state index contributed by atoms with van der Waals surface area (Å²) in [4.78, 5) is 25.6. The van der Waals surface area contributed by atoms with Crippen molar-refractivity contribution in [3.63, 3.8) is 0 Å². The maximum absolute atomic E-state index is 11.9. The first kappa shape index (κ1) is 16.9.